The van der Waals surface area contributed by atoms with Gasteiger partial charge in [0.2, 0.25) is 10.0 Å². The molecule has 6 nitrogen and oxygen atoms in total. The van der Waals surface area contributed by atoms with E-state index < -0.39 is 10.0 Å². The molecule has 1 N–H and O–H groups in total. The molecule has 0 heterocycles. The predicted molar refractivity (Wildman–Crippen MR) is 110 cm³/mol. The molecular formula is C21H28N2O4S. The van der Waals surface area contributed by atoms with Gasteiger partial charge in [-0.05, 0) is 42.3 Å². The fourth-order valence-electron chi connectivity index (χ4n) is 2.92. The molecule has 0 spiro atoms. The Labute approximate surface area is 167 Å². The number of carbonyl (C=O) groups excluding carboxylic acids is 1. The van der Waals surface area contributed by atoms with Gasteiger partial charge < -0.3 is 10.1 Å². The van der Waals surface area contributed by atoms with Crippen LogP contribution in [0.2, 0.25) is 0 Å². The zero-order valence-corrected chi connectivity index (χ0v) is 17.6. The molecule has 0 saturated carbocycles. The van der Waals surface area contributed by atoms with Gasteiger partial charge in [-0.2, -0.15) is 4.31 Å². The molecule has 2 rings (SSSR count). The SMILES string of the molecule is CCN(CC)S(=O)(=O)c1ccc([C@H](C)NC(=O)c2ccc(COC)cc2)cc1. The number of sulfonamides is 1. The van der Waals surface area contributed by atoms with E-state index in [9.17, 15) is 13.2 Å². The average molecular weight is 405 g/mol. The highest BCUT2D eigenvalue weighted by Crippen LogP contribution is 2.20. The maximum Gasteiger partial charge on any atom is 0.251 e. The molecule has 1 atom stereocenters. The fraction of sp³-hybridized carbons (Fsp3) is 0.381. The summed E-state index contributed by atoms with van der Waals surface area (Å²) in [7, 11) is -1.86. The molecule has 0 aromatic heterocycles. The van der Waals surface area contributed by atoms with Crippen molar-refractivity contribution in [2.24, 2.45) is 0 Å². The standard InChI is InChI=1S/C21H28N2O4S/c1-5-23(6-2)28(25,26)20-13-11-18(12-14-20)16(3)22-21(24)19-9-7-17(8-10-19)15-27-4/h7-14,16H,5-6,15H2,1-4H3,(H,22,24)/t16-/m0/s1. The van der Waals surface area contributed by atoms with Crippen LogP contribution in [0.25, 0.3) is 0 Å². The molecule has 0 bridgehead atoms. The Morgan fingerprint density at radius 3 is 2.11 bits per heavy atom. The Balaban J connectivity index is 2.08. The van der Waals surface area contributed by atoms with E-state index in [1.165, 1.54) is 4.31 Å². The maximum atomic E-state index is 12.6. The summed E-state index contributed by atoms with van der Waals surface area (Å²) in [5.74, 6) is -0.184. The molecule has 152 valence electrons. The first-order valence-corrected chi connectivity index (χ1v) is 10.8. The van der Waals surface area contributed by atoms with Gasteiger partial charge in [-0.1, -0.05) is 38.1 Å². The minimum Gasteiger partial charge on any atom is -0.380 e. The van der Waals surface area contributed by atoms with E-state index in [2.05, 4.69) is 5.32 Å². The third-order valence-corrected chi connectivity index (χ3v) is 6.66. The van der Waals surface area contributed by atoms with E-state index in [4.69, 9.17) is 4.74 Å². The molecule has 2 aromatic carbocycles. The lowest BCUT2D eigenvalue weighted by Gasteiger charge is -2.19. The third kappa shape index (κ3) is 5.19. The van der Waals surface area contributed by atoms with Crippen LogP contribution in [0, 0.1) is 0 Å². The lowest BCUT2D eigenvalue weighted by Crippen LogP contribution is -2.30. The summed E-state index contributed by atoms with van der Waals surface area (Å²) in [5, 5.41) is 2.94. The van der Waals surface area contributed by atoms with Crippen molar-refractivity contribution >= 4 is 15.9 Å². The first kappa shape index (κ1) is 22.1. The van der Waals surface area contributed by atoms with Gasteiger partial charge in [0.15, 0.2) is 0 Å². The Kier molecular flexibility index (Phi) is 7.74. The molecule has 1 amide bonds. The van der Waals surface area contributed by atoms with Crippen LogP contribution < -0.4 is 5.32 Å². The number of methoxy groups -OCH3 is 1. The van der Waals surface area contributed by atoms with Gasteiger partial charge in [0.05, 0.1) is 17.5 Å². The van der Waals surface area contributed by atoms with E-state index in [1.54, 1.807) is 43.5 Å². The smallest absolute Gasteiger partial charge is 0.251 e. The number of benzene rings is 2. The van der Waals surface area contributed by atoms with Gasteiger partial charge in [-0.25, -0.2) is 8.42 Å². The fourth-order valence-corrected chi connectivity index (χ4v) is 4.38. The number of carbonyl (C=O) groups is 1. The average Bonchev–Trinajstić information content (AvgIpc) is 2.69. The first-order valence-electron chi connectivity index (χ1n) is 9.32. The molecular weight excluding hydrogens is 376 g/mol. The summed E-state index contributed by atoms with van der Waals surface area (Å²) in [5.41, 5.74) is 2.40. The van der Waals surface area contributed by atoms with E-state index in [-0.39, 0.29) is 16.8 Å². The van der Waals surface area contributed by atoms with Crippen LogP contribution in [0.1, 0.15) is 48.3 Å². The summed E-state index contributed by atoms with van der Waals surface area (Å²) >= 11 is 0. The van der Waals surface area contributed by atoms with Crippen LogP contribution >= 0.6 is 0 Å². The monoisotopic (exact) mass is 404 g/mol. The normalized spacial score (nSPS) is 12.8. The van der Waals surface area contributed by atoms with Crippen molar-refractivity contribution in [3.8, 4) is 0 Å². The van der Waals surface area contributed by atoms with Gasteiger partial charge in [0, 0.05) is 25.8 Å². The van der Waals surface area contributed by atoms with Crippen molar-refractivity contribution < 1.29 is 17.9 Å². The molecule has 28 heavy (non-hydrogen) atoms. The van der Waals surface area contributed by atoms with Gasteiger partial charge >= 0.3 is 0 Å². The highest BCUT2D eigenvalue weighted by molar-refractivity contribution is 7.89. The second kappa shape index (κ2) is 9.82. The zero-order chi connectivity index (χ0) is 20.7. The number of amides is 1. The highest BCUT2D eigenvalue weighted by atomic mass is 32.2. The van der Waals surface area contributed by atoms with Gasteiger partial charge in [0.1, 0.15) is 0 Å². The van der Waals surface area contributed by atoms with Crippen molar-refractivity contribution in [3.63, 3.8) is 0 Å². The zero-order valence-electron chi connectivity index (χ0n) is 16.8. The quantitative estimate of drug-likeness (QED) is 0.695. The van der Waals surface area contributed by atoms with Crippen LogP contribution in [0.5, 0.6) is 0 Å². The molecule has 0 unspecified atom stereocenters. The third-order valence-electron chi connectivity index (χ3n) is 4.60. The predicted octanol–water partition coefficient (Wildman–Crippen LogP) is 3.35. The summed E-state index contributed by atoms with van der Waals surface area (Å²) < 4.78 is 31.6. The number of hydrogen-bond donors (Lipinski definition) is 1. The van der Waals surface area contributed by atoms with Crippen LogP contribution in [0.15, 0.2) is 53.4 Å². The first-order chi connectivity index (χ1) is 13.3. The van der Waals surface area contributed by atoms with Crippen LogP contribution in [-0.4, -0.2) is 38.8 Å². The Hall–Kier alpha value is -2.22. The van der Waals surface area contributed by atoms with Crippen molar-refractivity contribution in [1.29, 1.82) is 0 Å². The van der Waals surface area contributed by atoms with Crippen molar-refractivity contribution in [3.05, 3.63) is 65.2 Å². The molecule has 0 radical (unpaired) electrons. The van der Waals surface area contributed by atoms with Gasteiger partial charge in [-0.15, -0.1) is 0 Å². The second-order valence-electron chi connectivity index (χ2n) is 6.48. The van der Waals surface area contributed by atoms with E-state index in [1.807, 2.05) is 32.9 Å². The summed E-state index contributed by atoms with van der Waals surface area (Å²) in [4.78, 5) is 12.7. The van der Waals surface area contributed by atoms with E-state index >= 15 is 0 Å². The van der Waals surface area contributed by atoms with Gasteiger partial charge in [0.25, 0.3) is 5.91 Å². The summed E-state index contributed by atoms with van der Waals surface area (Å²) in [6, 6.07) is 13.6. The number of nitrogens with zero attached hydrogens (tertiary/aromatic N) is 1. The lowest BCUT2D eigenvalue weighted by molar-refractivity contribution is 0.0939. The largest absolute Gasteiger partial charge is 0.380 e. The van der Waals surface area contributed by atoms with E-state index in [0.717, 1.165) is 11.1 Å². The summed E-state index contributed by atoms with van der Waals surface area (Å²) in [6.07, 6.45) is 0. The van der Waals surface area contributed by atoms with E-state index in [0.29, 0.717) is 25.3 Å². The van der Waals surface area contributed by atoms with Crippen LogP contribution in [-0.2, 0) is 21.4 Å². The van der Waals surface area contributed by atoms with Crippen molar-refractivity contribution in [2.45, 2.75) is 38.3 Å². The minimum absolute atomic E-state index is 0.184. The topological polar surface area (TPSA) is 75.7 Å². The number of hydrogen-bond acceptors (Lipinski definition) is 4. The van der Waals surface area contributed by atoms with Crippen LogP contribution in [0.4, 0.5) is 0 Å². The number of rotatable bonds is 9. The van der Waals surface area contributed by atoms with Crippen molar-refractivity contribution in [2.75, 3.05) is 20.2 Å². The van der Waals surface area contributed by atoms with Gasteiger partial charge in [-0.3, -0.25) is 4.79 Å². The molecule has 0 aliphatic rings. The number of ether oxygens (including phenoxy) is 1. The van der Waals surface area contributed by atoms with Crippen LogP contribution in [0.3, 0.4) is 0 Å². The molecule has 0 aliphatic heterocycles. The molecule has 7 heteroatoms. The molecule has 2 aromatic rings. The molecule has 0 saturated heterocycles. The van der Waals surface area contributed by atoms with Crippen molar-refractivity contribution in [1.82, 2.24) is 9.62 Å². The Morgan fingerprint density at radius 2 is 1.61 bits per heavy atom. The summed E-state index contributed by atoms with van der Waals surface area (Å²) in [6.45, 7) is 6.85. The second-order valence-corrected chi connectivity index (χ2v) is 8.42. The Morgan fingerprint density at radius 1 is 1.04 bits per heavy atom. The lowest BCUT2D eigenvalue weighted by atomic mass is 10.1. The maximum absolute atomic E-state index is 12.6. The number of nitrogens with one attached hydrogen (secondary N) is 1. The Bertz CT molecular complexity index is 874. The minimum atomic E-state index is -3.48. The molecule has 0 fully saturated rings. The molecule has 0 aliphatic carbocycles. The highest BCUT2D eigenvalue weighted by Gasteiger charge is 2.21.